The molecule has 4 rings (SSSR count). The van der Waals surface area contributed by atoms with Crippen LogP contribution in [0.4, 0.5) is 0 Å². The maximum Gasteiger partial charge on any atom is 0.303 e. The highest BCUT2D eigenvalue weighted by molar-refractivity contribution is 5.95. The van der Waals surface area contributed by atoms with Gasteiger partial charge in [-0.3, -0.25) is 4.79 Å². The van der Waals surface area contributed by atoms with Crippen LogP contribution in [-0.2, 0) is 6.54 Å². The number of hydrogen-bond donors (Lipinski definition) is 0. The zero-order chi connectivity index (χ0) is 20.9. The van der Waals surface area contributed by atoms with E-state index in [1.165, 1.54) is 12.7 Å². The second kappa shape index (κ2) is 8.61. The van der Waals surface area contributed by atoms with Crippen LogP contribution in [0.2, 0.25) is 0 Å². The molecule has 0 aliphatic carbocycles. The van der Waals surface area contributed by atoms with Gasteiger partial charge in [0.25, 0.3) is 0 Å². The van der Waals surface area contributed by atoms with Gasteiger partial charge in [0.2, 0.25) is 0 Å². The van der Waals surface area contributed by atoms with Crippen molar-refractivity contribution in [3.05, 3.63) is 107 Å². The van der Waals surface area contributed by atoms with Gasteiger partial charge in [-0.25, -0.2) is 4.68 Å². The van der Waals surface area contributed by atoms with Crippen LogP contribution in [0.25, 0.3) is 5.69 Å². The maximum atomic E-state index is 13.0. The summed E-state index contributed by atoms with van der Waals surface area (Å²) in [6, 6.07) is 23.4. The zero-order valence-corrected chi connectivity index (χ0v) is 16.9. The SMILES string of the molecule is COc1cn(-c2ccccc2)nc1C(=O)N=c1ccccn1Cc1ccc(C)cc1. The number of pyridine rings is 1. The quantitative estimate of drug-likeness (QED) is 0.514. The van der Waals surface area contributed by atoms with Crippen LogP contribution < -0.4 is 10.2 Å². The fourth-order valence-corrected chi connectivity index (χ4v) is 3.12. The number of hydrogen-bond acceptors (Lipinski definition) is 3. The number of aromatic nitrogens is 3. The maximum absolute atomic E-state index is 13.0. The summed E-state index contributed by atoms with van der Waals surface area (Å²) in [6.07, 6.45) is 3.59. The first-order valence-electron chi connectivity index (χ1n) is 9.63. The van der Waals surface area contributed by atoms with Gasteiger partial charge in [-0.15, -0.1) is 0 Å². The van der Waals surface area contributed by atoms with Crippen LogP contribution in [0.5, 0.6) is 5.75 Å². The monoisotopic (exact) mass is 398 g/mol. The van der Waals surface area contributed by atoms with Gasteiger partial charge in [0.05, 0.1) is 19.0 Å². The molecule has 0 aliphatic heterocycles. The Morgan fingerprint density at radius 2 is 1.73 bits per heavy atom. The summed E-state index contributed by atoms with van der Waals surface area (Å²) < 4.78 is 8.92. The number of methoxy groups -OCH3 is 1. The van der Waals surface area contributed by atoms with E-state index in [2.05, 4.69) is 41.3 Å². The van der Waals surface area contributed by atoms with Crippen molar-refractivity contribution >= 4 is 5.91 Å². The summed E-state index contributed by atoms with van der Waals surface area (Å²) in [5, 5.41) is 4.41. The first kappa shape index (κ1) is 19.4. The van der Waals surface area contributed by atoms with Crippen molar-refractivity contribution in [3.8, 4) is 11.4 Å². The fourth-order valence-electron chi connectivity index (χ4n) is 3.12. The van der Waals surface area contributed by atoms with Gasteiger partial charge < -0.3 is 9.30 Å². The predicted octanol–water partition coefficient (Wildman–Crippen LogP) is 3.78. The van der Waals surface area contributed by atoms with Crippen LogP contribution in [0.1, 0.15) is 21.6 Å². The molecule has 0 saturated heterocycles. The van der Waals surface area contributed by atoms with Gasteiger partial charge in [0.1, 0.15) is 5.49 Å². The van der Waals surface area contributed by atoms with Crippen LogP contribution >= 0.6 is 0 Å². The summed E-state index contributed by atoms with van der Waals surface area (Å²) in [6.45, 7) is 2.67. The molecule has 2 heterocycles. The molecular weight excluding hydrogens is 376 g/mol. The van der Waals surface area contributed by atoms with E-state index in [1.54, 1.807) is 10.9 Å². The Bertz CT molecular complexity index is 1220. The van der Waals surface area contributed by atoms with Gasteiger partial charge in [-0.2, -0.15) is 10.1 Å². The molecule has 0 aliphatic rings. The lowest BCUT2D eigenvalue weighted by molar-refractivity contribution is 0.0989. The number of nitrogens with zero attached hydrogens (tertiary/aromatic N) is 4. The van der Waals surface area contributed by atoms with Gasteiger partial charge in [0.15, 0.2) is 11.4 Å². The lowest BCUT2D eigenvalue weighted by atomic mass is 10.1. The van der Waals surface area contributed by atoms with E-state index in [0.717, 1.165) is 11.3 Å². The third-order valence-electron chi connectivity index (χ3n) is 4.73. The minimum Gasteiger partial charge on any atom is -0.493 e. The Morgan fingerprint density at radius 3 is 2.47 bits per heavy atom. The second-order valence-electron chi connectivity index (χ2n) is 6.92. The number of ether oxygens (including phenoxy) is 1. The molecule has 0 bridgehead atoms. The molecule has 0 atom stereocenters. The fraction of sp³-hybridized carbons (Fsp3) is 0.125. The highest BCUT2D eigenvalue weighted by Crippen LogP contribution is 2.20. The van der Waals surface area contributed by atoms with Crippen molar-refractivity contribution in [3.63, 3.8) is 0 Å². The highest BCUT2D eigenvalue weighted by atomic mass is 16.5. The minimum absolute atomic E-state index is 0.173. The van der Waals surface area contributed by atoms with Gasteiger partial charge in [-0.1, -0.05) is 54.1 Å². The van der Waals surface area contributed by atoms with Crippen LogP contribution in [-0.4, -0.2) is 27.4 Å². The molecule has 30 heavy (non-hydrogen) atoms. The van der Waals surface area contributed by atoms with Gasteiger partial charge >= 0.3 is 5.91 Å². The highest BCUT2D eigenvalue weighted by Gasteiger charge is 2.18. The van der Waals surface area contributed by atoms with Gasteiger partial charge in [0, 0.05) is 12.7 Å². The lowest BCUT2D eigenvalue weighted by Crippen LogP contribution is -2.22. The van der Waals surface area contributed by atoms with E-state index in [9.17, 15) is 4.79 Å². The van der Waals surface area contributed by atoms with E-state index >= 15 is 0 Å². The Balaban J connectivity index is 1.68. The number of para-hydroxylation sites is 1. The average Bonchev–Trinajstić information content (AvgIpc) is 3.22. The number of carbonyl (C=O) groups excluding carboxylic acids is 1. The summed E-state index contributed by atoms with van der Waals surface area (Å²) >= 11 is 0. The Kier molecular flexibility index (Phi) is 5.57. The number of amides is 1. The largest absolute Gasteiger partial charge is 0.493 e. The lowest BCUT2D eigenvalue weighted by Gasteiger charge is -2.07. The minimum atomic E-state index is -0.453. The average molecular weight is 398 g/mol. The third-order valence-corrected chi connectivity index (χ3v) is 4.73. The van der Waals surface area contributed by atoms with E-state index in [-0.39, 0.29) is 5.69 Å². The molecule has 0 unspecified atom stereocenters. The summed E-state index contributed by atoms with van der Waals surface area (Å²) in [7, 11) is 1.52. The molecule has 0 fully saturated rings. The molecule has 6 heteroatoms. The van der Waals surface area contributed by atoms with Gasteiger partial charge in [-0.05, 0) is 36.8 Å². The molecule has 150 valence electrons. The number of aryl methyl sites for hydroxylation is 1. The topological polar surface area (TPSA) is 61.4 Å². The second-order valence-corrected chi connectivity index (χ2v) is 6.92. The van der Waals surface area contributed by atoms with E-state index in [1.807, 2.05) is 59.3 Å². The zero-order valence-electron chi connectivity index (χ0n) is 16.9. The molecule has 1 amide bonds. The summed E-state index contributed by atoms with van der Waals surface area (Å²) in [4.78, 5) is 17.3. The summed E-state index contributed by atoms with van der Waals surface area (Å²) in [5.41, 5.74) is 3.90. The van der Waals surface area contributed by atoms with Crippen molar-refractivity contribution in [2.24, 2.45) is 4.99 Å². The van der Waals surface area contributed by atoms with Crippen molar-refractivity contribution in [2.45, 2.75) is 13.5 Å². The van der Waals surface area contributed by atoms with Crippen LogP contribution in [0.3, 0.4) is 0 Å². The van der Waals surface area contributed by atoms with E-state index < -0.39 is 5.91 Å². The number of benzene rings is 2. The standard InChI is InChI=1S/C24H22N4O2/c1-18-11-13-19(14-12-18)16-27-15-7-6-10-22(27)25-24(29)23-21(30-2)17-28(26-23)20-8-4-3-5-9-20/h3-15,17H,16H2,1-2H3. The first-order chi connectivity index (χ1) is 14.6. The smallest absolute Gasteiger partial charge is 0.303 e. The molecule has 0 spiro atoms. The normalized spacial score (nSPS) is 11.5. The molecule has 0 saturated carbocycles. The molecule has 2 aromatic heterocycles. The van der Waals surface area contributed by atoms with E-state index in [0.29, 0.717) is 17.8 Å². The number of carbonyl (C=O) groups is 1. The molecule has 0 N–H and O–H groups in total. The van der Waals surface area contributed by atoms with Crippen LogP contribution in [0, 0.1) is 6.92 Å². The van der Waals surface area contributed by atoms with Crippen molar-refractivity contribution in [2.75, 3.05) is 7.11 Å². The van der Waals surface area contributed by atoms with Crippen molar-refractivity contribution < 1.29 is 9.53 Å². The van der Waals surface area contributed by atoms with Crippen molar-refractivity contribution in [1.82, 2.24) is 14.3 Å². The predicted molar refractivity (Wildman–Crippen MR) is 115 cm³/mol. The number of rotatable bonds is 5. The Labute approximate surface area is 174 Å². The molecular formula is C24H22N4O2. The molecule has 0 radical (unpaired) electrons. The van der Waals surface area contributed by atoms with Crippen molar-refractivity contribution in [1.29, 1.82) is 0 Å². The Morgan fingerprint density at radius 1 is 1.00 bits per heavy atom. The van der Waals surface area contributed by atoms with E-state index in [4.69, 9.17) is 4.74 Å². The van der Waals surface area contributed by atoms with Crippen LogP contribution in [0.15, 0.2) is 90.2 Å². The molecule has 2 aromatic carbocycles. The Hall–Kier alpha value is -3.93. The molecule has 4 aromatic rings. The molecule has 6 nitrogen and oxygen atoms in total. The summed E-state index contributed by atoms with van der Waals surface area (Å²) in [5.74, 6) is -0.0704. The third kappa shape index (κ3) is 4.22. The first-order valence-corrected chi connectivity index (χ1v) is 9.63.